The predicted molar refractivity (Wildman–Crippen MR) is 142 cm³/mol. The fraction of sp³-hybridized carbons (Fsp3) is 0.296. The summed E-state index contributed by atoms with van der Waals surface area (Å²) >= 11 is 6.13. The van der Waals surface area contributed by atoms with Crippen LogP contribution in [0.25, 0.3) is 0 Å². The van der Waals surface area contributed by atoms with Gasteiger partial charge in [-0.25, -0.2) is 8.42 Å². The summed E-state index contributed by atoms with van der Waals surface area (Å²) in [6.07, 6.45) is 0. The lowest BCUT2D eigenvalue weighted by Gasteiger charge is -2.36. The van der Waals surface area contributed by atoms with Gasteiger partial charge >= 0.3 is 0 Å². The largest absolute Gasteiger partial charge is 0.496 e. The standard InChI is InChI=1S/C27H30ClN3O4S/c1-20-7-10-25(11-8-20)36(33,34)29(2)19-22-17-21(9-12-26(22)35-3)27(32)31-15-13-30(14-16-31)24-6-4-5-23(28)18-24/h4-12,17-18H,13-16,19H2,1-3H3. The number of carbonyl (C=O) groups is 1. The molecule has 1 heterocycles. The van der Waals surface area contributed by atoms with Gasteiger partial charge in [-0.15, -0.1) is 0 Å². The summed E-state index contributed by atoms with van der Waals surface area (Å²) in [5, 5.41) is 0.686. The van der Waals surface area contributed by atoms with Crippen molar-refractivity contribution in [3.8, 4) is 5.75 Å². The van der Waals surface area contributed by atoms with Gasteiger partial charge in [-0.2, -0.15) is 4.31 Å². The maximum absolute atomic E-state index is 13.3. The Hall–Kier alpha value is -3.07. The molecule has 0 bridgehead atoms. The Morgan fingerprint density at radius 1 is 1.00 bits per heavy atom. The summed E-state index contributed by atoms with van der Waals surface area (Å²) in [6, 6.07) is 19.6. The molecule has 0 N–H and O–H groups in total. The molecule has 0 aromatic heterocycles. The molecule has 0 saturated carbocycles. The number of ether oxygens (including phenoxy) is 1. The first-order chi connectivity index (χ1) is 17.2. The van der Waals surface area contributed by atoms with Crippen LogP contribution in [0.3, 0.4) is 0 Å². The third-order valence-electron chi connectivity index (χ3n) is 6.39. The number of methoxy groups -OCH3 is 1. The Morgan fingerprint density at radius 3 is 2.33 bits per heavy atom. The van der Waals surface area contributed by atoms with Gasteiger partial charge in [0.1, 0.15) is 5.75 Å². The first kappa shape index (κ1) is 26.0. The van der Waals surface area contributed by atoms with Crippen LogP contribution in [0.5, 0.6) is 5.75 Å². The molecule has 0 spiro atoms. The third-order valence-corrected chi connectivity index (χ3v) is 8.44. The molecular formula is C27H30ClN3O4S. The Kier molecular flexibility index (Phi) is 7.88. The zero-order valence-electron chi connectivity index (χ0n) is 20.6. The van der Waals surface area contributed by atoms with Gasteiger partial charge < -0.3 is 14.5 Å². The Morgan fingerprint density at radius 2 is 1.69 bits per heavy atom. The van der Waals surface area contributed by atoms with Crippen LogP contribution in [-0.4, -0.2) is 63.9 Å². The van der Waals surface area contributed by atoms with Crippen LogP contribution in [0, 0.1) is 6.92 Å². The summed E-state index contributed by atoms with van der Waals surface area (Å²) in [6.45, 7) is 4.54. The van der Waals surface area contributed by atoms with Crippen molar-refractivity contribution in [2.24, 2.45) is 0 Å². The number of hydrogen-bond acceptors (Lipinski definition) is 5. The molecule has 0 unspecified atom stereocenters. The minimum Gasteiger partial charge on any atom is -0.496 e. The van der Waals surface area contributed by atoms with Crippen molar-refractivity contribution >= 4 is 33.2 Å². The molecule has 3 aromatic carbocycles. The van der Waals surface area contributed by atoms with E-state index >= 15 is 0 Å². The van der Waals surface area contributed by atoms with Crippen LogP contribution in [-0.2, 0) is 16.6 Å². The lowest BCUT2D eigenvalue weighted by Crippen LogP contribution is -2.48. The van der Waals surface area contributed by atoms with E-state index in [1.807, 2.05) is 36.1 Å². The first-order valence-corrected chi connectivity index (χ1v) is 13.5. The molecule has 1 fully saturated rings. The highest BCUT2D eigenvalue weighted by Gasteiger charge is 2.25. The SMILES string of the molecule is COc1ccc(C(=O)N2CCN(c3cccc(Cl)c3)CC2)cc1CN(C)S(=O)(=O)c1ccc(C)cc1. The Bertz CT molecular complexity index is 1340. The molecule has 4 rings (SSSR count). The summed E-state index contributed by atoms with van der Waals surface area (Å²) in [5.74, 6) is 0.442. The highest BCUT2D eigenvalue weighted by atomic mass is 35.5. The zero-order chi connectivity index (χ0) is 25.9. The smallest absolute Gasteiger partial charge is 0.253 e. The fourth-order valence-electron chi connectivity index (χ4n) is 4.27. The van der Waals surface area contributed by atoms with Gasteiger partial charge in [0.25, 0.3) is 5.91 Å². The van der Waals surface area contributed by atoms with Crippen molar-refractivity contribution in [1.29, 1.82) is 0 Å². The Balaban J connectivity index is 1.48. The number of aryl methyl sites for hydroxylation is 1. The second-order valence-electron chi connectivity index (χ2n) is 8.86. The van der Waals surface area contributed by atoms with Crippen molar-refractivity contribution in [1.82, 2.24) is 9.21 Å². The summed E-state index contributed by atoms with van der Waals surface area (Å²) < 4.78 is 32.9. The fourth-order valence-corrected chi connectivity index (χ4v) is 5.61. The molecule has 1 saturated heterocycles. The quantitative estimate of drug-likeness (QED) is 0.454. The number of amides is 1. The molecule has 36 heavy (non-hydrogen) atoms. The number of sulfonamides is 1. The zero-order valence-corrected chi connectivity index (χ0v) is 22.2. The van der Waals surface area contributed by atoms with Gasteiger partial charge in [0.15, 0.2) is 0 Å². The second kappa shape index (κ2) is 10.9. The van der Waals surface area contributed by atoms with Crippen LogP contribution in [0.15, 0.2) is 71.6 Å². The lowest BCUT2D eigenvalue weighted by molar-refractivity contribution is 0.0746. The van der Waals surface area contributed by atoms with E-state index in [1.54, 1.807) is 42.5 Å². The van der Waals surface area contributed by atoms with Crippen molar-refractivity contribution in [3.63, 3.8) is 0 Å². The van der Waals surface area contributed by atoms with E-state index in [-0.39, 0.29) is 17.3 Å². The minimum atomic E-state index is -3.70. The van der Waals surface area contributed by atoms with Crippen LogP contribution in [0.1, 0.15) is 21.5 Å². The van der Waals surface area contributed by atoms with E-state index in [0.717, 1.165) is 11.3 Å². The van der Waals surface area contributed by atoms with E-state index in [0.29, 0.717) is 48.1 Å². The average molecular weight is 528 g/mol. The van der Waals surface area contributed by atoms with Gasteiger partial charge in [-0.1, -0.05) is 35.4 Å². The molecule has 0 aliphatic carbocycles. The number of nitrogens with zero attached hydrogens (tertiary/aromatic N) is 3. The van der Waals surface area contributed by atoms with E-state index in [4.69, 9.17) is 16.3 Å². The number of benzene rings is 3. The molecule has 3 aromatic rings. The number of rotatable bonds is 7. The van der Waals surface area contributed by atoms with E-state index in [9.17, 15) is 13.2 Å². The maximum Gasteiger partial charge on any atom is 0.253 e. The molecule has 1 amide bonds. The van der Waals surface area contributed by atoms with E-state index in [1.165, 1.54) is 18.5 Å². The van der Waals surface area contributed by atoms with Crippen molar-refractivity contribution < 1.29 is 17.9 Å². The van der Waals surface area contributed by atoms with Gasteiger partial charge in [0.05, 0.1) is 12.0 Å². The topological polar surface area (TPSA) is 70.2 Å². The van der Waals surface area contributed by atoms with Crippen molar-refractivity contribution in [3.05, 3.63) is 88.4 Å². The monoisotopic (exact) mass is 527 g/mol. The molecule has 190 valence electrons. The van der Waals surface area contributed by atoms with Crippen molar-refractivity contribution in [2.75, 3.05) is 45.2 Å². The molecule has 1 aliphatic heterocycles. The van der Waals surface area contributed by atoms with Gasteiger partial charge in [-0.05, 0) is 55.5 Å². The summed E-state index contributed by atoms with van der Waals surface area (Å²) in [7, 11) is -0.643. The van der Waals surface area contributed by atoms with Crippen LogP contribution in [0.4, 0.5) is 5.69 Å². The third kappa shape index (κ3) is 5.67. The lowest BCUT2D eigenvalue weighted by atomic mass is 10.1. The molecule has 7 nitrogen and oxygen atoms in total. The normalized spacial score (nSPS) is 14.2. The van der Waals surface area contributed by atoms with E-state index < -0.39 is 10.0 Å². The maximum atomic E-state index is 13.3. The summed E-state index contributed by atoms with van der Waals surface area (Å²) in [4.78, 5) is 17.5. The van der Waals surface area contributed by atoms with Crippen LogP contribution < -0.4 is 9.64 Å². The number of carbonyl (C=O) groups excluding carboxylic acids is 1. The van der Waals surface area contributed by atoms with Crippen LogP contribution in [0.2, 0.25) is 5.02 Å². The molecule has 1 aliphatic rings. The average Bonchev–Trinajstić information content (AvgIpc) is 2.88. The number of halogens is 1. The van der Waals surface area contributed by atoms with Gasteiger partial charge in [0, 0.05) is 61.6 Å². The predicted octanol–water partition coefficient (Wildman–Crippen LogP) is 4.44. The molecule has 9 heteroatoms. The van der Waals surface area contributed by atoms with Crippen molar-refractivity contribution in [2.45, 2.75) is 18.4 Å². The first-order valence-electron chi connectivity index (χ1n) is 11.7. The number of anilines is 1. The molecule has 0 radical (unpaired) electrons. The van der Waals surface area contributed by atoms with Crippen LogP contribution >= 0.6 is 11.6 Å². The van der Waals surface area contributed by atoms with E-state index in [2.05, 4.69) is 4.90 Å². The van der Waals surface area contributed by atoms with Gasteiger partial charge in [-0.3, -0.25) is 4.79 Å². The molecular weight excluding hydrogens is 498 g/mol. The summed E-state index contributed by atoms with van der Waals surface area (Å²) in [5.41, 5.74) is 3.15. The number of hydrogen-bond donors (Lipinski definition) is 0. The highest BCUT2D eigenvalue weighted by molar-refractivity contribution is 7.89. The number of piperazine rings is 1. The minimum absolute atomic E-state index is 0.0725. The van der Waals surface area contributed by atoms with Gasteiger partial charge in [0.2, 0.25) is 10.0 Å². The Labute approximate surface area is 217 Å². The second-order valence-corrected chi connectivity index (χ2v) is 11.3. The molecule has 0 atom stereocenters. The highest BCUT2D eigenvalue weighted by Crippen LogP contribution is 2.26.